The van der Waals surface area contributed by atoms with Crippen LogP contribution in [0, 0.1) is 4.64 Å². The number of pyridine rings is 2. The first-order chi connectivity index (χ1) is 14.3. The number of aliphatic hydroxyl groups is 2. The van der Waals surface area contributed by atoms with E-state index in [2.05, 4.69) is 56.4 Å². The minimum absolute atomic E-state index is 0.322. The van der Waals surface area contributed by atoms with E-state index < -0.39 is 12.2 Å². The molecule has 0 bridgehead atoms. The van der Waals surface area contributed by atoms with Crippen LogP contribution in [-0.4, -0.2) is 54.4 Å². The average molecular weight is 489 g/mol. The molecule has 30 heavy (non-hydrogen) atoms. The molecule has 0 saturated carbocycles. The van der Waals surface area contributed by atoms with Crippen LogP contribution >= 0.6 is 48.4 Å². The Morgan fingerprint density at radius 2 is 1.70 bits per heavy atom. The summed E-state index contributed by atoms with van der Waals surface area (Å²) < 4.78 is 0.780. The van der Waals surface area contributed by atoms with E-state index in [-0.39, 0.29) is 0 Å². The van der Waals surface area contributed by atoms with Gasteiger partial charge in [0, 0.05) is 34.4 Å². The molecule has 0 aliphatic heterocycles. The third kappa shape index (κ3) is 16.2. The quantitative estimate of drug-likeness (QED) is 0.201. The van der Waals surface area contributed by atoms with Gasteiger partial charge in [-0.1, -0.05) is 52.0 Å². The zero-order chi connectivity index (χ0) is 22.8. The number of hydrogen-bond donors (Lipinski definition) is 4. The van der Waals surface area contributed by atoms with Crippen LogP contribution in [0.3, 0.4) is 0 Å². The van der Waals surface area contributed by atoms with Gasteiger partial charge in [-0.3, -0.25) is 0 Å². The number of thiol groups is 1. The SMILES string of the molecule is CCC(C)SCC(O)C(O)CS.CCC(C)Sc1ccccn1.S=c1cccc[nH]1. The Bertz CT molecular complexity index is 671. The zero-order valence-electron chi connectivity index (χ0n) is 18.3. The summed E-state index contributed by atoms with van der Waals surface area (Å²) in [6.07, 6.45) is 4.61. The molecule has 8 heteroatoms. The van der Waals surface area contributed by atoms with Crippen LogP contribution in [0.5, 0.6) is 0 Å². The van der Waals surface area contributed by atoms with Crippen molar-refractivity contribution in [2.75, 3.05) is 11.5 Å². The van der Waals surface area contributed by atoms with Crippen LogP contribution in [0.15, 0.2) is 53.8 Å². The number of rotatable bonds is 9. The van der Waals surface area contributed by atoms with Gasteiger partial charge in [0.1, 0.15) is 4.64 Å². The second-order valence-electron chi connectivity index (χ2n) is 6.60. The van der Waals surface area contributed by atoms with Gasteiger partial charge in [-0.25, -0.2) is 4.98 Å². The van der Waals surface area contributed by atoms with Gasteiger partial charge in [0.25, 0.3) is 0 Å². The number of nitrogens with one attached hydrogen (secondary N) is 1. The summed E-state index contributed by atoms with van der Waals surface area (Å²) in [5.74, 6) is 0.916. The second kappa shape index (κ2) is 19.2. The molecule has 4 unspecified atom stereocenters. The molecule has 2 heterocycles. The highest BCUT2D eigenvalue weighted by molar-refractivity contribution is 8.00. The topological polar surface area (TPSA) is 69.1 Å². The smallest absolute Gasteiger partial charge is 0.103 e. The summed E-state index contributed by atoms with van der Waals surface area (Å²) in [7, 11) is 0. The minimum atomic E-state index is -0.690. The molecule has 0 spiro atoms. The van der Waals surface area contributed by atoms with Gasteiger partial charge in [0.15, 0.2) is 0 Å². The van der Waals surface area contributed by atoms with Crippen molar-refractivity contribution in [3.05, 3.63) is 53.4 Å². The summed E-state index contributed by atoms with van der Waals surface area (Å²) in [5.41, 5.74) is 0. The average Bonchev–Trinajstić information content (AvgIpc) is 2.78. The first-order valence-corrected chi connectivity index (χ1v) is 13.1. The van der Waals surface area contributed by atoms with Crippen molar-refractivity contribution in [2.24, 2.45) is 0 Å². The summed E-state index contributed by atoms with van der Waals surface area (Å²) in [5, 5.41) is 20.9. The van der Waals surface area contributed by atoms with E-state index in [1.165, 1.54) is 6.42 Å². The van der Waals surface area contributed by atoms with E-state index >= 15 is 0 Å². The Hall–Kier alpha value is -0.510. The van der Waals surface area contributed by atoms with Crippen LogP contribution in [0.25, 0.3) is 0 Å². The van der Waals surface area contributed by atoms with Crippen molar-refractivity contribution < 1.29 is 10.2 Å². The molecule has 0 fully saturated rings. The van der Waals surface area contributed by atoms with E-state index in [1.54, 1.807) is 11.8 Å². The molecule has 2 rings (SSSR count). The number of aromatic nitrogens is 2. The van der Waals surface area contributed by atoms with Gasteiger partial charge >= 0.3 is 0 Å². The lowest BCUT2D eigenvalue weighted by atomic mass is 10.3. The molecule has 0 aromatic carbocycles. The third-order valence-corrected chi connectivity index (χ3v) is 7.26. The van der Waals surface area contributed by atoms with Crippen molar-refractivity contribution in [1.29, 1.82) is 0 Å². The monoisotopic (exact) mass is 488 g/mol. The van der Waals surface area contributed by atoms with Gasteiger partial charge in [0.2, 0.25) is 0 Å². The van der Waals surface area contributed by atoms with Crippen molar-refractivity contribution in [3.63, 3.8) is 0 Å². The number of nitrogens with zero attached hydrogens (tertiary/aromatic N) is 1. The fourth-order valence-electron chi connectivity index (χ4n) is 1.70. The molecular weight excluding hydrogens is 453 g/mol. The van der Waals surface area contributed by atoms with Crippen LogP contribution in [0.2, 0.25) is 0 Å². The Balaban J connectivity index is 0.000000433. The Kier molecular flexibility index (Phi) is 18.9. The molecular formula is C22H36N2O2S4. The predicted molar refractivity (Wildman–Crippen MR) is 140 cm³/mol. The van der Waals surface area contributed by atoms with E-state index in [1.807, 2.05) is 54.5 Å². The molecule has 4 nitrogen and oxygen atoms in total. The maximum Gasteiger partial charge on any atom is 0.103 e. The van der Waals surface area contributed by atoms with Crippen LogP contribution in [0.4, 0.5) is 0 Å². The number of aliphatic hydroxyl groups excluding tert-OH is 2. The molecule has 3 N–H and O–H groups in total. The summed E-state index contributed by atoms with van der Waals surface area (Å²) >= 11 is 12.2. The molecule has 0 radical (unpaired) electrons. The second-order valence-corrected chi connectivity index (χ2v) is 10.3. The molecule has 0 aliphatic rings. The Morgan fingerprint density at radius 3 is 2.13 bits per heavy atom. The normalized spacial score (nSPS) is 14.2. The van der Waals surface area contributed by atoms with Crippen molar-refractivity contribution >= 4 is 48.4 Å². The summed E-state index contributed by atoms with van der Waals surface area (Å²) in [6, 6.07) is 11.7. The van der Waals surface area contributed by atoms with Crippen molar-refractivity contribution in [3.8, 4) is 0 Å². The largest absolute Gasteiger partial charge is 0.390 e. The molecule has 0 saturated heterocycles. The maximum absolute atomic E-state index is 9.34. The highest BCUT2D eigenvalue weighted by Gasteiger charge is 2.15. The van der Waals surface area contributed by atoms with E-state index in [0.29, 0.717) is 22.0 Å². The van der Waals surface area contributed by atoms with Gasteiger partial charge in [-0.2, -0.15) is 24.4 Å². The van der Waals surface area contributed by atoms with Crippen LogP contribution < -0.4 is 0 Å². The van der Waals surface area contributed by atoms with E-state index in [4.69, 9.17) is 12.2 Å². The first-order valence-electron chi connectivity index (χ1n) is 10.1. The highest BCUT2D eigenvalue weighted by Crippen LogP contribution is 2.21. The highest BCUT2D eigenvalue weighted by atomic mass is 32.2. The van der Waals surface area contributed by atoms with Gasteiger partial charge in [-0.15, -0.1) is 11.8 Å². The van der Waals surface area contributed by atoms with Crippen molar-refractivity contribution in [2.45, 2.75) is 68.3 Å². The number of hydrogen-bond acceptors (Lipinski definition) is 7. The fraction of sp³-hybridized carbons (Fsp3) is 0.545. The molecule has 2 aromatic rings. The summed E-state index contributed by atoms with van der Waals surface area (Å²) in [4.78, 5) is 7.08. The minimum Gasteiger partial charge on any atom is -0.390 e. The lowest BCUT2D eigenvalue weighted by molar-refractivity contribution is 0.0501. The maximum atomic E-state index is 9.34. The number of aromatic amines is 1. The van der Waals surface area contributed by atoms with Gasteiger partial charge < -0.3 is 15.2 Å². The summed E-state index contributed by atoms with van der Waals surface area (Å²) in [6.45, 7) is 8.64. The Morgan fingerprint density at radius 1 is 1.03 bits per heavy atom. The van der Waals surface area contributed by atoms with Crippen LogP contribution in [0.1, 0.15) is 40.5 Å². The fourth-order valence-corrected chi connectivity index (χ4v) is 3.93. The molecule has 4 atom stereocenters. The van der Waals surface area contributed by atoms with E-state index in [9.17, 15) is 10.2 Å². The molecule has 170 valence electrons. The lowest BCUT2D eigenvalue weighted by Gasteiger charge is -2.17. The van der Waals surface area contributed by atoms with Gasteiger partial charge in [0.05, 0.1) is 17.2 Å². The molecule has 0 amide bonds. The lowest BCUT2D eigenvalue weighted by Crippen LogP contribution is -2.30. The molecule has 2 aromatic heterocycles. The Labute approximate surface area is 201 Å². The standard InChI is InChI=1S/C9H13NS.C8H18O2S2.C5H5NS/c1-3-8(2)11-9-6-4-5-7-10-9;1-3-6(2)12-5-8(10)7(9)4-11;7-5-3-1-2-4-6-5/h4-8H,3H2,1-2H3;6-11H,3-5H2,1-2H3;1-4H,(H,6,7). The number of H-pyrrole nitrogens is 1. The van der Waals surface area contributed by atoms with Crippen LogP contribution in [-0.2, 0) is 0 Å². The third-order valence-electron chi connectivity index (χ3n) is 3.97. The number of thioether (sulfide) groups is 2. The van der Waals surface area contributed by atoms with E-state index in [0.717, 1.165) is 16.1 Å². The predicted octanol–water partition coefficient (Wildman–Crippen LogP) is 5.89. The van der Waals surface area contributed by atoms with Crippen molar-refractivity contribution in [1.82, 2.24) is 9.97 Å². The first kappa shape index (κ1) is 29.5. The zero-order valence-corrected chi connectivity index (χ0v) is 21.6. The molecule has 0 aliphatic carbocycles. The van der Waals surface area contributed by atoms with Gasteiger partial charge in [-0.05, 0) is 37.1 Å².